The molecule has 1 saturated heterocycles. The van der Waals surface area contributed by atoms with Gasteiger partial charge in [-0.3, -0.25) is 0 Å². The van der Waals surface area contributed by atoms with E-state index in [0.717, 1.165) is 12.5 Å². The first-order chi connectivity index (χ1) is 8.06. The smallest absolute Gasteiger partial charge is 0.0497 e. The Balaban J connectivity index is 2.11. The Morgan fingerprint density at radius 1 is 1.41 bits per heavy atom. The molecule has 0 aromatic rings. The molecule has 17 heavy (non-hydrogen) atoms. The molecule has 0 radical (unpaired) electrons. The highest BCUT2D eigenvalue weighted by atomic mass is 32.2. The van der Waals surface area contributed by atoms with Gasteiger partial charge in [0.15, 0.2) is 0 Å². The molecule has 3 heteroatoms. The minimum absolute atomic E-state index is 0.156. The van der Waals surface area contributed by atoms with E-state index in [1.807, 2.05) is 0 Å². The van der Waals surface area contributed by atoms with E-state index in [-0.39, 0.29) is 5.41 Å². The molecule has 0 saturated carbocycles. The summed E-state index contributed by atoms with van der Waals surface area (Å²) in [6.45, 7) is 10.6. The van der Waals surface area contributed by atoms with Gasteiger partial charge in [-0.1, -0.05) is 20.8 Å². The quantitative estimate of drug-likeness (QED) is 0.711. The van der Waals surface area contributed by atoms with Gasteiger partial charge in [0.2, 0.25) is 0 Å². The van der Waals surface area contributed by atoms with Crippen LogP contribution in [0.25, 0.3) is 0 Å². The first-order valence-electron chi connectivity index (χ1n) is 6.97. The fourth-order valence-corrected chi connectivity index (χ4v) is 3.43. The summed E-state index contributed by atoms with van der Waals surface area (Å²) in [6.07, 6.45) is 3.72. The van der Waals surface area contributed by atoms with E-state index in [4.69, 9.17) is 0 Å². The van der Waals surface area contributed by atoms with Crippen molar-refractivity contribution in [3.8, 4) is 0 Å². The third-order valence-electron chi connectivity index (χ3n) is 3.46. The summed E-state index contributed by atoms with van der Waals surface area (Å²) < 4.78 is 0. The van der Waals surface area contributed by atoms with E-state index in [2.05, 4.69) is 37.4 Å². The average molecular weight is 259 g/mol. The Morgan fingerprint density at radius 2 is 2.18 bits per heavy atom. The van der Waals surface area contributed by atoms with Crippen LogP contribution in [0, 0.1) is 11.3 Å². The summed E-state index contributed by atoms with van der Waals surface area (Å²) in [5.41, 5.74) is 0.156. The molecule has 0 amide bonds. The van der Waals surface area contributed by atoms with Crippen molar-refractivity contribution in [1.82, 2.24) is 4.90 Å². The molecule has 0 spiro atoms. The fraction of sp³-hybridized carbons (Fsp3) is 1.00. The van der Waals surface area contributed by atoms with Crippen molar-refractivity contribution < 1.29 is 5.11 Å². The summed E-state index contributed by atoms with van der Waals surface area (Å²) >= 11 is 2.08. The third kappa shape index (κ3) is 6.12. The van der Waals surface area contributed by atoms with Gasteiger partial charge in [-0.25, -0.2) is 0 Å². The molecule has 1 fully saturated rings. The number of nitrogens with zero attached hydrogens (tertiary/aromatic N) is 1. The molecule has 1 N–H and O–H groups in total. The highest BCUT2D eigenvalue weighted by Crippen LogP contribution is 2.28. The van der Waals surface area contributed by atoms with Crippen LogP contribution in [0.1, 0.15) is 40.0 Å². The molecule has 1 aliphatic rings. The van der Waals surface area contributed by atoms with Gasteiger partial charge in [0.1, 0.15) is 0 Å². The molecule has 0 aromatic heterocycles. The van der Waals surface area contributed by atoms with E-state index in [1.165, 1.54) is 43.9 Å². The molecule has 1 aliphatic heterocycles. The predicted octanol–water partition coefficient (Wildman–Crippen LogP) is 2.86. The van der Waals surface area contributed by atoms with Crippen molar-refractivity contribution >= 4 is 11.8 Å². The number of piperidine rings is 1. The van der Waals surface area contributed by atoms with Crippen molar-refractivity contribution in [2.75, 3.05) is 37.7 Å². The Morgan fingerprint density at radius 3 is 2.82 bits per heavy atom. The van der Waals surface area contributed by atoms with Crippen LogP contribution in [-0.4, -0.2) is 47.8 Å². The fourth-order valence-electron chi connectivity index (χ4n) is 2.46. The second kappa shape index (κ2) is 7.65. The van der Waals surface area contributed by atoms with Gasteiger partial charge in [-0.2, -0.15) is 11.8 Å². The molecule has 1 heterocycles. The second-order valence-electron chi connectivity index (χ2n) is 6.17. The van der Waals surface area contributed by atoms with Crippen molar-refractivity contribution in [2.24, 2.45) is 11.3 Å². The number of thioether (sulfide) groups is 1. The lowest BCUT2D eigenvalue weighted by Crippen LogP contribution is -2.44. The van der Waals surface area contributed by atoms with Gasteiger partial charge >= 0.3 is 0 Å². The van der Waals surface area contributed by atoms with Crippen molar-refractivity contribution in [3.05, 3.63) is 0 Å². The molecule has 1 atom stereocenters. The van der Waals surface area contributed by atoms with Crippen LogP contribution in [0.15, 0.2) is 0 Å². The normalized spacial score (nSPS) is 26.6. The maximum atomic E-state index is 9.41. The largest absolute Gasteiger partial charge is 0.396 e. The molecule has 0 aliphatic carbocycles. The van der Waals surface area contributed by atoms with Crippen LogP contribution >= 0.6 is 11.8 Å². The molecular formula is C14H29NOS. The standard InChI is InChI=1S/C14H29NOS/c1-13(2)10-17-9-5-8-15-7-4-6-14(3,11-15)12-16/h13,16H,4-12H2,1-3H3. The number of aliphatic hydroxyl groups is 1. The van der Waals surface area contributed by atoms with Gasteiger partial charge in [0.05, 0.1) is 0 Å². The minimum Gasteiger partial charge on any atom is -0.396 e. The van der Waals surface area contributed by atoms with Gasteiger partial charge in [-0.15, -0.1) is 0 Å². The van der Waals surface area contributed by atoms with Crippen LogP contribution in [0.2, 0.25) is 0 Å². The molecule has 1 unspecified atom stereocenters. The van der Waals surface area contributed by atoms with Crippen LogP contribution in [-0.2, 0) is 0 Å². The number of aliphatic hydroxyl groups excluding tert-OH is 1. The first-order valence-corrected chi connectivity index (χ1v) is 8.12. The van der Waals surface area contributed by atoms with Crippen molar-refractivity contribution in [3.63, 3.8) is 0 Å². The number of hydrogen-bond donors (Lipinski definition) is 1. The minimum atomic E-state index is 0.156. The zero-order valence-electron chi connectivity index (χ0n) is 11.7. The van der Waals surface area contributed by atoms with E-state index in [9.17, 15) is 5.11 Å². The Labute approximate surface area is 111 Å². The van der Waals surface area contributed by atoms with Crippen molar-refractivity contribution in [2.45, 2.75) is 40.0 Å². The van der Waals surface area contributed by atoms with Gasteiger partial charge in [0, 0.05) is 18.6 Å². The average Bonchev–Trinajstić information content (AvgIpc) is 2.28. The Bertz CT molecular complexity index is 210. The molecular weight excluding hydrogens is 230 g/mol. The highest BCUT2D eigenvalue weighted by molar-refractivity contribution is 7.99. The van der Waals surface area contributed by atoms with Gasteiger partial charge in [-0.05, 0) is 49.8 Å². The first kappa shape index (κ1) is 15.3. The number of hydrogen-bond acceptors (Lipinski definition) is 3. The van der Waals surface area contributed by atoms with E-state index < -0.39 is 0 Å². The predicted molar refractivity (Wildman–Crippen MR) is 77.6 cm³/mol. The van der Waals surface area contributed by atoms with Crippen LogP contribution < -0.4 is 0 Å². The monoisotopic (exact) mass is 259 g/mol. The molecule has 2 nitrogen and oxygen atoms in total. The maximum absolute atomic E-state index is 9.41. The summed E-state index contributed by atoms with van der Waals surface area (Å²) in [6, 6.07) is 0. The van der Waals surface area contributed by atoms with Crippen LogP contribution in [0.3, 0.4) is 0 Å². The van der Waals surface area contributed by atoms with Crippen LogP contribution in [0.5, 0.6) is 0 Å². The number of likely N-dealkylation sites (tertiary alicyclic amines) is 1. The van der Waals surface area contributed by atoms with Crippen molar-refractivity contribution in [1.29, 1.82) is 0 Å². The molecule has 1 rings (SSSR count). The SMILES string of the molecule is CC(C)CSCCCN1CCCC(C)(CO)C1. The maximum Gasteiger partial charge on any atom is 0.0497 e. The van der Waals surface area contributed by atoms with Crippen LogP contribution in [0.4, 0.5) is 0 Å². The molecule has 0 bridgehead atoms. The van der Waals surface area contributed by atoms with Gasteiger partial charge in [0.25, 0.3) is 0 Å². The zero-order chi connectivity index (χ0) is 12.7. The number of rotatable bonds is 7. The lowest BCUT2D eigenvalue weighted by atomic mass is 9.83. The summed E-state index contributed by atoms with van der Waals surface area (Å²) in [5, 5.41) is 9.41. The second-order valence-corrected chi connectivity index (χ2v) is 7.32. The topological polar surface area (TPSA) is 23.5 Å². The molecule has 0 aromatic carbocycles. The van der Waals surface area contributed by atoms with E-state index in [0.29, 0.717) is 6.61 Å². The zero-order valence-corrected chi connectivity index (χ0v) is 12.6. The van der Waals surface area contributed by atoms with E-state index >= 15 is 0 Å². The third-order valence-corrected chi connectivity index (χ3v) is 4.94. The summed E-state index contributed by atoms with van der Waals surface area (Å²) in [7, 11) is 0. The summed E-state index contributed by atoms with van der Waals surface area (Å²) in [5.74, 6) is 3.38. The van der Waals surface area contributed by atoms with E-state index in [1.54, 1.807) is 0 Å². The summed E-state index contributed by atoms with van der Waals surface area (Å²) in [4.78, 5) is 2.54. The van der Waals surface area contributed by atoms with Gasteiger partial charge < -0.3 is 10.0 Å². The Kier molecular flexibility index (Phi) is 6.90. The molecule has 102 valence electrons. The highest BCUT2D eigenvalue weighted by Gasteiger charge is 2.29. The lowest BCUT2D eigenvalue weighted by Gasteiger charge is -2.39. The lowest BCUT2D eigenvalue weighted by molar-refractivity contribution is 0.0469. The Hall–Kier alpha value is 0.270.